The number of benzene rings is 1. The highest BCUT2D eigenvalue weighted by atomic mass is 35.5. The Bertz CT molecular complexity index is 790. The Morgan fingerprint density at radius 1 is 1.32 bits per heavy atom. The highest BCUT2D eigenvalue weighted by Gasteiger charge is 2.24. The van der Waals surface area contributed by atoms with Crippen LogP contribution in [0.1, 0.15) is 10.4 Å². The Labute approximate surface area is 118 Å². The number of thiazole rings is 1. The van der Waals surface area contributed by atoms with Crippen molar-refractivity contribution in [3.63, 3.8) is 0 Å². The number of aromatic nitrogens is 3. The minimum absolute atomic E-state index is 0.559. The van der Waals surface area contributed by atoms with Gasteiger partial charge in [-0.15, -0.1) is 11.3 Å². The van der Waals surface area contributed by atoms with E-state index >= 15 is 0 Å². The summed E-state index contributed by atoms with van der Waals surface area (Å²) >= 11 is 7.68. The van der Waals surface area contributed by atoms with Gasteiger partial charge in [-0.1, -0.05) is 17.7 Å². The number of hydrogen-bond acceptors (Lipinski definition) is 4. The van der Waals surface area contributed by atoms with E-state index in [1.54, 1.807) is 17.5 Å². The first-order valence-electron chi connectivity index (χ1n) is 5.80. The lowest BCUT2D eigenvalue weighted by Crippen LogP contribution is -1.87. The van der Waals surface area contributed by atoms with Crippen LogP contribution in [0.2, 0.25) is 5.02 Å². The molecule has 1 aromatic carbocycles. The van der Waals surface area contributed by atoms with Gasteiger partial charge < -0.3 is 5.73 Å². The van der Waals surface area contributed by atoms with E-state index in [2.05, 4.69) is 10.2 Å². The first-order chi connectivity index (χ1) is 9.22. The molecule has 0 bridgehead atoms. The van der Waals surface area contributed by atoms with Crippen molar-refractivity contribution in [3.05, 3.63) is 39.9 Å². The van der Waals surface area contributed by atoms with Gasteiger partial charge in [0.1, 0.15) is 10.8 Å². The molecule has 4 rings (SSSR count). The van der Waals surface area contributed by atoms with Gasteiger partial charge in [-0.2, -0.15) is 5.10 Å². The van der Waals surface area contributed by atoms with Crippen LogP contribution in [0.4, 0.5) is 5.82 Å². The Morgan fingerprint density at radius 2 is 2.21 bits per heavy atom. The molecule has 0 saturated carbocycles. The summed E-state index contributed by atoms with van der Waals surface area (Å²) in [7, 11) is 0. The van der Waals surface area contributed by atoms with E-state index in [0.29, 0.717) is 5.82 Å². The number of nitrogens with one attached hydrogen (secondary N) is 1. The predicted octanol–water partition coefficient (Wildman–Crippen LogP) is 3.34. The molecule has 1 aliphatic carbocycles. The van der Waals surface area contributed by atoms with Gasteiger partial charge in [0.25, 0.3) is 0 Å². The number of fused-ring (bicyclic) bond motifs is 3. The van der Waals surface area contributed by atoms with Crippen LogP contribution >= 0.6 is 22.9 Å². The second-order valence-electron chi connectivity index (χ2n) is 4.47. The molecular weight excluding hydrogens is 280 g/mol. The van der Waals surface area contributed by atoms with Crippen molar-refractivity contribution in [1.29, 1.82) is 0 Å². The Hall–Kier alpha value is -1.85. The largest absolute Gasteiger partial charge is 0.383 e. The Balaban J connectivity index is 1.86. The SMILES string of the molecule is Nc1[nH]ncc1-c1nc2c(s1)Cc1cc(Cl)ccc1-2. The quantitative estimate of drug-likeness (QED) is 0.564. The number of H-pyrrole nitrogens is 1. The van der Waals surface area contributed by atoms with E-state index in [1.165, 1.54) is 16.0 Å². The van der Waals surface area contributed by atoms with Crippen LogP contribution in [-0.4, -0.2) is 15.2 Å². The summed E-state index contributed by atoms with van der Waals surface area (Å²) in [5.74, 6) is 0.559. The lowest BCUT2D eigenvalue weighted by molar-refractivity contribution is 1.10. The number of nitrogen functional groups attached to an aromatic ring is 1. The molecule has 0 radical (unpaired) electrons. The summed E-state index contributed by atoms with van der Waals surface area (Å²) in [6.07, 6.45) is 2.60. The molecule has 0 amide bonds. The number of nitrogens with zero attached hydrogens (tertiary/aromatic N) is 2. The van der Waals surface area contributed by atoms with Gasteiger partial charge in [-0.3, -0.25) is 5.10 Å². The minimum atomic E-state index is 0.559. The fourth-order valence-corrected chi connectivity index (χ4v) is 3.69. The summed E-state index contributed by atoms with van der Waals surface area (Å²) in [4.78, 5) is 5.96. The van der Waals surface area contributed by atoms with Crippen LogP contribution < -0.4 is 5.73 Å². The predicted molar refractivity (Wildman–Crippen MR) is 77.4 cm³/mol. The number of anilines is 1. The van der Waals surface area contributed by atoms with Crippen molar-refractivity contribution < 1.29 is 0 Å². The number of hydrogen-bond donors (Lipinski definition) is 2. The molecule has 4 nitrogen and oxygen atoms in total. The molecule has 0 atom stereocenters. The average molecular weight is 289 g/mol. The molecular formula is C13H9ClN4S. The van der Waals surface area contributed by atoms with E-state index in [9.17, 15) is 0 Å². The summed E-state index contributed by atoms with van der Waals surface area (Å²) in [5, 5.41) is 8.36. The number of nitrogens with two attached hydrogens (primary N) is 1. The van der Waals surface area contributed by atoms with Crippen molar-refractivity contribution >= 4 is 28.8 Å². The van der Waals surface area contributed by atoms with Gasteiger partial charge in [0, 0.05) is 21.9 Å². The van der Waals surface area contributed by atoms with E-state index in [-0.39, 0.29) is 0 Å². The molecule has 0 saturated heterocycles. The maximum Gasteiger partial charge on any atom is 0.129 e. The topological polar surface area (TPSA) is 67.6 Å². The van der Waals surface area contributed by atoms with Crippen molar-refractivity contribution in [3.8, 4) is 21.8 Å². The van der Waals surface area contributed by atoms with Gasteiger partial charge in [-0.05, 0) is 17.7 Å². The lowest BCUT2D eigenvalue weighted by atomic mass is 10.1. The van der Waals surface area contributed by atoms with Crippen LogP contribution in [0.15, 0.2) is 24.4 Å². The normalized spacial score (nSPS) is 12.5. The molecule has 0 fully saturated rings. The molecule has 3 N–H and O–H groups in total. The molecule has 6 heteroatoms. The molecule has 0 aliphatic heterocycles. The Kier molecular flexibility index (Phi) is 2.22. The zero-order valence-corrected chi connectivity index (χ0v) is 11.3. The summed E-state index contributed by atoms with van der Waals surface area (Å²) in [6, 6.07) is 5.95. The zero-order chi connectivity index (χ0) is 13.0. The van der Waals surface area contributed by atoms with E-state index < -0.39 is 0 Å². The van der Waals surface area contributed by atoms with Crippen molar-refractivity contribution in [2.24, 2.45) is 0 Å². The highest BCUT2D eigenvalue weighted by molar-refractivity contribution is 7.15. The number of halogens is 1. The van der Waals surface area contributed by atoms with Crippen LogP contribution in [0.3, 0.4) is 0 Å². The standard InChI is InChI=1S/C13H9ClN4S/c14-7-1-2-8-6(3-7)4-10-11(8)17-13(19-10)9-5-16-18-12(9)15/h1-3,5H,4H2,(H3,15,16,18). The third kappa shape index (κ3) is 1.59. The maximum atomic E-state index is 6.02. The Morgan fingerprint density at radius 3 is 3.00 bits per heavy atom. The number of aromatic amines is 1. The van der Waals surface area contributed by atoms with Gasteiger partial charge in [-0.25, -0.2) is 4.98 Å². The highest BCUT2D eigenvalue weighted by Crippen LogP contribution is 2.43. The van der Waals surface area contributed by atoms with Crippen molar-refractivity contribution in [2.75, 3.05) is 5.73 Å². The van der Waals surface area contributed by atoms with E-state index in [0.717, 1.165) is 27.7 Å². The minimum Gasteiger partial charge on any atom is -0.383 e. The molecule has 2 aromatic heterocycles. The third-order valence-corrected chi connectivity index (χ3v) is 4.59. The molecule has 1 aliphatic rings. The van der Waals surface area contributed by atoms with Gasteiger partial charge in [0.15, 0.2) is 0 Å². The van der Waals surface area contributed by atoms with E-state index in [1.807, 2.05) is 18.2 Å². The zero-order valence-electron chi connectivity index (χ0n) is 9.77. The summed E-state index contributed by atoms with van der Waals surface area (Å²) < 4.78 is 0. The van der Waals surface area contributed by atoms with E-state index in [4.69, 9.17) is 22.3 Å². The van der Waals surface area contributed by atoms with Gasteiger partial charge in [0.05, 0.1) is 17.5 Å². The molecule has 2 heterocycles. The summed E-state index contributed by atoms with van der Waals surface area (Å²) in [5.41, 5.74) is 10.2. The molecule has 3 aromatic rings. The lowest BCUT2D eigenvalue weighted by Gasteiger charge is -1.99. The first kappa shape index (κ1) is 11.0. The average Bonchev–Trinajstić information content (AvgIpc) is 3.01. The van der Waals surface area contributed by atoms with Crippen molar-refractivity contribution in [1.82, 2.24) is 15.2 Å². The molecule has 94 valence electrons. The van der Waals surface area contributed by atoms with Crippen LogP contribution in [0, 0.1) is 0 Å². The van der Waals surface area contributed by atoms with Crippen molar-refractivity contribution in [2.45, 2.75) is 6.42 Å². The van der Waals surface area contributed by atoms with Crippen LogP contribution in [0.25, 0.3) is 21.8 Å². The smallest absolute Gasteiger partial charge is 0.129 e. The second-order valence-corrected chi connectivity index (χ2v) is 5.99. The van der Waals surface area contributed by atoms with Crippen LogP contribution in [-0.2, 0) is 6.42 Å². The van der Waals surface area contributed by atoms with Gasteiger partial charge in [0.2, 0.25) is 0 Å². The third-order valence-electron chi connectivity index (χ3n) is 3.27. The fourth-order valence-electron chi connectivity index (χ4n) is 2.38. The fraction of sp³-hybridized carbons (Fsp3) is 0.0769. The second kappa shape index (κ2) is 3.82. The monoisotopic (exact) mass is 288 g/mol. The molecule has 0 unspecified atom stereocenters. The van der Waals surface area contributed by atoms with Gasteiger partial charge >= 0.3 is 0 Å². The molecule has 19 heavy (non-hydrogen) atoms. The summed E-state index contributed by atoms with van der Waals surface area (Å²) in [6.45, 7) is 0. The number of rotatable bonds is 1. The maximum absolute atomic E-state index is 6.02. The first-order valence-corrected chi connectivity index (χ1v) is 6.99. The molecule has 0 spiro atoms. The van der Waals surface area contributed by atoms with Crippen LogP contribution in [0.5, 0.6) is 0 Å².